The molecule has 0 saturated carbocycles. The van der Waals surface area contributed by atoms with E-state index in [2.05, 4.69) is 45.0 Å². The van der Waals surface area contributed by atoms with E-state index in [9.17, 15) is 0 Å². The maximum absolute atomic E-state index is 5.66. The van der Waals surface area contributed by atoms with E-state index in [-0.39, 0.29) is 0 Å². The van der Waals surface area contributed by atoms with E-state index in [0.29, 0.717) is 11.5 Å². The molecule has 1 aliphatic heterocycles. The van der Waals surface area contributed by atoms with Crippen molar-refractivity contribution >= 4 is 0 Å². The molecule has 0 bridgehead atoms. The Kier molecular flexibility index (Phi) is 6.61. The van der Waals surface area contributed by atoms with Gasteiger partial charge in [-0.3, -0.25) is 0 Å². The third-order valence-electron chi connectivity index (χ3n) is 4.00. The summed E-state index contributed by atoms with van der Waals surface area (Å²) >= 11 is 0. The van der Waals surface area contributed by atoms with Crippen molar-refractivity contribution in [3.63, 3.8) is 0 Å². The highest BCUT2D eigenvalue weighted by molar-refractivity contribution is 4.88. The summed E-state index contributed by atoms with van der Waals surface area (Å²) in [6.07, 6.45) is 2.45. The van der Waals surface area contributed by atoms with Gasteiger partial charge in [0.2, 0.25) is 0 Å². The van der Waals surface area contributed by atoms with Crippen molar-refractivity contribution in [1.82, 2.24) is 10.2 Å². The summed E-state index contributed by atoms with van der Waals surface area (Å²) in [6, 6.07) is 0.558. The fourth-order valence-electron chi connectivity index (χ4n) is 2.69. The lowest BCUT2D eigenvalue weighted by Crippen LogP contribution is -2.46. The number of rotatable bonds is 8. The smallest absolute Gasteiger partial charge is 0.0547 e. The first-order valence-corrected chi connectivity index (χ1v) is 7.47. The summed E-state index contributed by atoms with van der Waals surface area (Å²) < 4.78 is 5.66. The number of hydrogen-bond donors (Lipinski definition) is 1. The number of nitrogens with one attached hydrogen (secondary N) is 1. The van der Waals surface area contributed by atoms with Gasteiger partial charge >= 0.3 is 0 Å². The second-order valence-corrected chi connectivity index (χ2v) is 6.55. The molecule has 3 nitrogen and oxygen atoms in total. The molecule has 1 rings (SSSR count). The summed E-state index contributed by atoms with van der Waals surface area (Å²) in [7, 11) is 2.25. The quantitative estimate of drug-likeness (QED) is 0.721. The van der Waals surface area contributed by atoms with Crippen molar-refractivity contribution in [3.8, 4) is 0 Å². The van der Waals surface area contributed by atoms with Gasteiger partial charge in [-0.05, 0) is 19.4 Å². The molecule has 0 amide bonds. The SMILES string of the molecule is CCC(C)CN(C)CC1(CNC(C)C)CCOC1. The van der Waals surface area contributed by atoms with Crippen LogP contribution in [0.3, 0.4) is 0 Å². The molecule has 0 aromatic heterocycles. The first-order chi connectivity index (χ1) is 8.47. The highest BCUT2D eigenvalue weighted by Crippen LogP contribution is 2.29. The molecule has 108 valence electrons. The normalized spacial score (nSPS) is 26.2. The fourth-order valence-corrected chi connectivity index (χ4v) is 2.69. The summed E-state index contributed by atoms with van der Waals surface area (Å²) in [5.41, 5.74) is 0.326. The maximum Gasteiger partial charge on any atom is 0.0547 e. The molecule has 2 atom stereocenters. The van der Waals surface area contributed by atoms with Gasteiger partial charge in [-0.15, -0.1) is 0 Å². The highest BCUT2D eigenvalue weighted by Gasteiger charge is 2.35. The van der Waals surface area contributed by atoms with E-state index >= 15 is 0 Å². The maximum atomic E-state index is 5.66. The second-order valence-electron chi connectivity index (χ2n) is 6.55. The lowest BCUT2D eigenvalue weighted by atomic mass is 9.86. The van der Waals surface area contributed by atoms with Crippen molar-refractivity contribution in [3.05, 3.63) is 0 Å². The van der Waals surface area contributed by atoms with Crippen LogP contribution in [0.1, 0.15) is 40.5 Å². The molecule has 0 spiro atoms. The van der Waals surface area contributed by atoms with Gasteiger partial charge in [0.05, 0.1) is 6.61 Å². The van der Waals surface area contributed by atoms with Gasteiger partial charge in [-0.2, -0.15) is 0 Å². The highest BCUT2D eigenvalue weighted by atomic mass is 16.5. The van der Waals surface area contributed by atoms with Crippen molar-refractivity contribution in [2.45, 2.75) is 46.6 Å². The van der Waals surface area contributed by atoms with Gasteiger partial charge in [0.1, 0.15) is 0 Å². The van der Waals surface area contributed by atoms with Crippen LogP contribution in [0.15, 0.2) is 0 Å². The van der Waals surface area contributed by atoms with Crippen LogP contribution >= 0.6 is 0 Å². The number of nitrogens with zero attached hydrogens (tertiary/aromatic N) is 1. The monoisotopic (exact) mass is 256 g/mol. The topological polar surface area (TPSA) is 24.5 Å². The minimum atomic E-state index is 0.326. The van der Waals surface area contributed by atoms with Crippen molar-refractivity contribution < 1.29 is 4.74 Å². The minimum absolute atomic E-state index is 0.326. The van der Waals surface area contributed by atoms with Crippen molar-refractivity contribution in [2.24, 2.45) is 11.3 Å². The Bertz CT molecular complexity index is 225. The number of ether oxygens (including phenoxy) is 1. The molecule has 0 aliphatic carbocycles. The van der Waals surface area contributed by atoms with Crippen LogP contribution in [0, 0.1) is 11.3 Å². The zero-order valence-corrected chi connectivity index (χ0v) is 13.0. The van der Waals surface area contributed by atoms with Crippen LogP contribution in [0.25, 0.3) is 0 Å². The molecule has 0 radical (unpaired) electrons. The van der Waals surface area contributed by atoms with E-state index in [1.807, 2.05) is 0 Å². The molecule has 1 saturated heterocycles. The number of hydrogen-bond acceptors (Lipinski definition) is 3. The average Bonchev–Trinajstić information content (AvgIpc) is 2.75. The Balaban J connectivity index is 2.46. The van der Waals surface area contributed by atoms with Crippen LogP contribution in [0.2, 0.25) is 0 Å². The molecule has 1 N–H and O–H groups in total. The van der Waals surface area contributed by atoms with Crippen LogP contribution in [-0.2, 0) is 4.74 Å². The lowest BCUT2D eigenvalue weighted by molar-refractivity contribution is 0.111. The molecule has 1 heterocycles. The third kappa shape index (κ3) is 5.25. The molecule has 0 aromatic rings. The molecular formula is C15H32N2O. The average molecular weight is 256 g/mol. The minimum Gasteiger partial charge on any atom is -0.381 e. The van der Waals surface area contributed by atoms with E-state index in [1.165, 1.54) is 19.4 Å². The zero-order chi connectivity index (χ0) is 13.6. The van der Waals surface area contributed by atoms with Crippen LogP contribution < -0.4 is 5.32 Å². The van der Waals surface area contributed by atoms with Crippen molar-refractivity contribution in [1.29, 1.82) is 0 Å². The summed E-state index contributed by atoms with van der Waals surface area (Å²) in [5.74, 6) is 0.785. The Hall–Kier alpha value is -0.120. The van der Waals surface area contributed by atoms with E-state index in [0.717, 1.165) is 32.2 Å². The molecule has 1 fully saturated rings. The third-order valence-corrected chi connectivity index (χ3v) is 4.00. The summed E-state index contributed by atoms with van der Waals surface area (Å²) in [6.45, 7) is 14.3. The van der Waals surface area contributed by atoms with Crippen LogP contribution in [0.4, 0.5) is 0 Å². The first-order valence-electron chi connectivity index (χ1n) is 7.47. The second kappa shape index (κ2) is 7.46. The standard InChI is InChI=1S/C15H32N2O/c1-6-14(4)9-17(5)11-15(7-8-18-12-15)10-16-13(2)3/h13-14,16H,6-12H2,1-5H3. The molecule has 2 unspecified atom stereocenters. The van der Waals surface area contributed by atoms with Gasteiger partial charge in [-0.1, -0.05) is 34.1 Å². The van der Waals surface area contributed by atoms with E-state index < -0.39 is 0 Å². The van der Waals surface area contributed by atoms with Gasteiger partial charge < -0.3 is 15.0 Å². The molecule has 3 heteroatoms. The lowest BCUT2D eigenvalue weighted by Gasteiger charge is -2.34. The van der Waals surface area contributed by atoms with E-state index in [4.69, 9.17) is 4.74 Å². The van der Waals surface area contributed by atoms with Gasteiger partial charge in [0.25, 0.3) is 0 Å². The van der Waals surface area contributed by atoms with Crippen molar-refractivity contribution in [2.75, 3.05) is 39.9 Å². The zero-order valence-electron chi connectivity index (χ0n) is 13.0. The molecule has 18 heavy (non-hydrogen) atoms. The summed E-state index contributed by atoms with van der Waals surface area (Å²) in [5, 5.41) is 3.59. The predicted octanol–water partition coefficient (Wildman–Crippen LogP) is 2.37. The van der Waals surface area contributed by atoms with Crippen LogP contribution in [0.5, 0.6) is 0 Å². The Morgan fingerprint density at radius 3 is 2.56 bits per heavy atom. The van der Waals surface area contributed by atoms with Gasteiger partial charge in [0, 0.05) is 37.7 Å². The first kappa shape index (κ1) is 15.9. The Morgan fingerprint density at radius 2 is 2.06 bits per heavy atom. The fraction of sp³-hybridized carbons (Fsp3) is 1.00. The van der Waals surface area contributed by atoms with Gasteiger partial charge in [0.15, 0.2) is 0 Å². The van der Waals surface area contributed by atoms with Crippen LogP contribution in [-0.4, -0.2) is 50.8 Å². The summed E-state index contributed by atoms with van der Waals surface area (Å²) in [4.78, 5) is 2.49. The largest absolute Gasteiger partial charge is 0.381 e. The molecule has 1 aliphatic rings. The Labute approximate surface area is 113 Å². The Morgan fingerprint density at radius 1 is 1.33 bits per heavy atom. The van der Waals surface area contributed by atoms with Gasteiger partial charge in [-0.25, -0.2) is 0 Å². The van der Waals surface area contributed by atoms with E-state index in [1.54, 1.807) is 0 Å². The molecular weight excluding hydrogens is 224 g/mol. The predicted molar refractivity (Wildman–Crippen MR) is 78.0 cm³/mol. The molecule has 0 aromatic carbocycles.